The summed E-state index contributed by atoms with van der Waals surface area (Å²) in [6.07, 6.45) is 0. The number of nitro groups is 1. The maximum Gasteiger partial charge on any atom is 0.271 e. The van der Waals surface area contributed by atoms with Gasteiger partial charge in [-0.3, -0.25) is 19.8 Å². The van der Waals surface area contributed by atoms with Gasteiger partial charge in [-0.1, -0.05) is 18.2 Å². The second kappa shape index (κ2) is 9.00. The van der Waals surface area contributed by atoms with E-state index in [1.54, 1.807) is 40.3 Å². The van der Waals surface area contributed by atoms with E-state index in [0.717, 1.165) is 11.1 Å². The largest absolute Gasteiger partial charge is 0.493 e. The molecule has 144 valence electrons. The van der Waals surface area contributed by atoms with Gasteiger partial charge < -0.3 is 14.8 Å². The Balaban J connectivity index is 2.05. The number of anilines is 1. The predicted molar refractivity (Wildman–Crippen MR) is 102 cm³/mol. The molecule has 0 aromatic heterocycles. The van der Waals surface area contributed by atoms with Crippen LogP contribution in [0.3, 0.4) is 0 Å². The van der Waals surface area contributed by atoms with E-state index in [9.17, 15) is 14.9 Å². The first-order valence-corrected chi connectivity index (χ1v) is 8.29. The molecule has 0 aliphatic heterocycles. The molecular weight excluding hydrogens is 350 g/mol. The molecule has 2 aromatic rings. The molecule has 0 radical (unpaired) electrons. The van der Waals surface area contributed by atoms with E-state index in [1.807, 2.05) is 17.0 Å². The fourth-order valence-electron chi connectivity index (χ4n) is 2.72. The van der Waals surface area contributed by atoms with Crippen molar-refractivity contribution < 1.29 is 19.2 Å². The first-order valence-electron chi connectivity index (χ1n) is 8.29. The highest BCUT2D eigenvalue weighted by Gasteiger charge is 2.15. The third kappa shape index (κ3) is 5.18. The molecule has 0 spiro atoms. The zero-order chi connectivity index (χ0) is 20.0. The molecule has 0 saturated heterocycles. The molecule has 0 unspecified atom stereocenters. The van der Waals surface area contributed by atoms with Crippen molar-refractivity contribution in [3.05, 3.63) is 57.6 Å². The summed E-state index contributed by atoms with van der Waals surface area (Å²) >= 11 is 0. The highest BCUT2D eigenvalue weighted by Crippen LogP contribution is 2.31. The van der Waals surface area contributed by atoms with E-state index in [1.165, 1.54) is 12.1 Å². The number of aryl methyl sites for hydroxylation is 1. The summed E-state index contributed by atoms with van der Waals surface area (Å²) < 4.78 is 10.7. The second-order valence-corrected chi connectivity index (χ2v) is 6.13. The number of nitro benzene ring substituents is 1. The van der Waals surface area contributed by atoms with Crippen LogP contribution in [0, 0.1) is 17.0 Å². The van der Waals surface area contributed by atoms with Crippen molar-refractivity contribution in [1.82, 2.24) is 4.90 Å². The van der Waals surface area contributed by atoms with Crippen LogP contribution in [-0.2, 0) is 11.3 Å². The number of para-hydroxylation sites is 1. The minimum absolute atomic E-state index is 0.0645. The number of non-ortho nitro benzene ring substituents is 1. The maximum absolute atomic E-state index is 12.3. The van der Waals surface area contributed by atoms with Crippen LogP contribution in [0.4, 0.5) is 11.4 Å². The third-order valence-corrected chi connectivity index (χ3v) is 4.04. The van der Waals surface area contributed by atoms with Crippen molar-refractivity contribution in [3.8, 4) is 11.5 Å². The lowest BCUT2D eigenvalue weighted by Gasteiger charge is -2.19. The molecule has 0 saturated carbocycles. The number of benzene rings is 2. The van der Waals surface area contributed by atoms with Gasteiger partial charge in [0.25, 0.3) is 5.69 Å². The zero-order valence-corrected chi connectivity index (χ0v) is 15.8. The average molecular weight is 373 g/mol. The number of nitrogens with one attached hydrogen (secondary N) is 1. The minimum Gasteiger partial charge on any atom is -0.493 e. The fourth-order valence-corrected chi connectivity index (χ4v) is 2.72. The number of ether oxygens (including phenoxy) is 2. The van der Waals surface area contributed by atoms with E-state index >= 15 is 0 Å². The molecular formula is C19H23N3O5. The maximum atomic E-state index is 12.3. The van der Waals surface area contributed by atoms with E-state index in [4.69, 9.17) is 9.47 Å². The van der Waals surface area contributed by atoms with Gasteiger partial charge in [-0.2, -0.15) is 0 Å². The molecule has 0 aliphatic rings. The highest BCUT2D eigenvalue weighted by atomic mass is 16.6. The van der Waals surface area contributed by atoms with Gasteiger partial charge in [0.1, 0.15) is 0 Å². The molecule has 2 aromatic carbocycles. The second-order valence-electron chi connectivity index (χ2n) is 6.13. The number of rotatable bonds is 8. The van der Waals surface area contributed by atoms with Gasteiger partial charge in [-0.25, -0.2) is 0 Å². The first-order chi connectivity index (χ1) is 12.8. The summed E-state index contributed by atoms with van der Waals surface area (Å²) in [6, 6.07) is 9.95. The van der Waals surface area contributed by atoms with Crippen molar-refractivity contribution >= 4 is 17.3 Å². The van der Waals surface area contributed by atoms with Crippen molar-refractivity contribution in [3.63, 3.8) is 0 Å². The summed E-state index contributed by atoms with van der Waals surface area (Å²) in [5, 5.41) is 13.6. The van der Waals surface area contributed by atoms with Crippen molar-refractivity contribution in [2.45, 2.75) is 13.5 Å². The Labute approximate surface area is 157 Å². The van der Waals surface area contributed by atoms with Gasteiger partial charge >= 0.3 is 0 Å². The van der Waals surface area contributed by atoms with Crippen LogP contribution in [0.15, 0.2) is 36.4 Å². The summed E-state index contributed by atoms with van der Waals surface area (Å²) in [6.45, 7) is 2.37. The number of amides is 1. The van der Waals surface area contributed by atoms with Gasteiger partial charge in [0.2, 0.25) is 5.91 Å². The van der Waals surface area contributed by atoms with Crippen molar-refractivity contribution in [2.75, 3.05) is 33.1 Å². The minimum atomic E-state index is -0.490. The third-order valence-electron chi connectivity index (χ3n) is 4.04. The monoisotopic (exact) mass is 373 g/mol. The predicted octanol–water partition coefficient (Wildman–Crippen LogP) is 2.99. The Bertz CT molecular complexity index is 838. The standard InChI is InChI=1S/C19H23N3O5/c1-13-8-9-15(22(24)25)10-16(13)20-18(23)12-21(2)11-14-6-5-7-17(26-3)19(14)27-4/h5-10H,11-12H2,1-4H3,(H,20,23). The van der Waals surface area contributed by atoms with Crippen LogP contribution >= 0.6 is 0 Å². The summed E-state index contributed by atoms with van der Waals surface area (Å²) in [7, 11) is 4.94. The molecule has 27 heavy (non-hydrogen) atoms. The Kier molecular flexibility index (Phi) is 6.73. The Morgan fingerprint density at radius 2 is 1.96 bits per heavy atom. The van der Waals surface area contributed by atoms with Gasteiger partial charge in [-0.05, 0) is 25.6 Å². The lowest BCUT2D eigenvalue weighted by Crippen LogP contribution is -2.30. The van der Waals surface area contributed by atoms with Crippen LogP contribution < -0.4 is 14.8 Å². The van der Waals surface area contributed by atoms with E-state index in [2.05, 4.69) is 5.32 Å². The molecule has 0 bridgehead atoms. The highest BCUT2D eigenvalue weighted by molar-refractivity contribution is 5.93. The molecule has 1 N–H and O–H groups in total. The number of carbonyl (C=O) groups excluding carboxylic acids is 1. The molecule has 2 rings (SSSR count). The van der Waals surface area contributed by atoms with Gasteiger partial charge in [0.15, 0.2) is 11.5 Å². The molecule has 1 amide bonds. The Hall–Kier alpha value is -3.13. The molecule has 0 atom stereocenters. The molecule has 8 nitrogen and oxygen atoms in total. The summed E-state index contributed by atoms with van der Waals surface area (Å²) in [5.74, 6) is 0.991. The number of carbonyl (C=O) groups is 1. The lowest BCUT2D eigenvalue weighted by atomic mass is 10.1. The topological polar surface area (TPSA) is 93.9 Å². The number of methoxy groups -OCH3 is 2. The van der Waals surface area contributed by atoms with E-state index in [-0.39, 0.29) is 18.1 Å². The number of nitrogens with zero attached hydrogens (tertiary/aromatic N) is 2. The van der Waals surface area contributed by atoms with Crippen LogP contribution in [0.25, 0.3) is 0 Å². The number of hydrogen-bond acceptors (Lipinski definition) is 6. The quantitative estimate of drug-likeness (QED) is 0.565. The normalized spacial score (nSPS) is 10.6. The van der Waals surface area contributed by atoms with Gasteiger partial charge in [-0.15, -0.1) is 0 Å². The first kappa shape index (κ1) is 20.2. The van der Waals surface area contributed by atoms with E-state index < -0.39 is 4.92 Å². The SMILES string of the molecule is COc1cccc(CN(C)CC(=O)Nc2cc([N+](=O)[O-])ccc2C)c1OC. The number of hydrogen-bond donors (Lipinski definition) is 1. The van der Waals surface area contributed by atoms with Gasteiger partial charge in [0, 0.05) is 24.2 Å². The van der Waals surface area contributed by atoms with Crippen molar-refractivity contribution in [1.29, 1.82) is 0 Å². The van der Waals surface area contributed by atoms with Crippen LogP contribution in [-0.4, -0.2) is 43.5 Å². The molecule has 8 heteroatoms. The molecule has 0 fully saturated rings. The Morgan fingerprint density at radius 1 is 1.22 bits per heavy atom. The average Bonchev–Trinajstić information content (AvgIpc) is 2.62. The summed E-state index contributed by atoms with van der Waals surface area (Å²) in [4.78, 5) is 24.6. The van der Waals surface area contributed by atoms with E-state index in [0.29, 0.717) is 23.7 Å². The number of likely N-dealkylation sites (N-methyl/N-ethyl adjacent to an activating group) is 1. The zero-order valence-electron chi connectivity index (χ0n) is 15.8. The van der Waals surface area contributed by atoms with Crippen LogP contribution in [0.5, 0.6) is 11.5 Å². The van der Waals surface area contributed by atoms with Crippen molar-refractivity contribution in [2.24, 2.45) is 0 Å². The van der Waals surface area contributed by atoms with Crippen LogP contribution in [0.1, 0.15) is 11.1 Å². The van der Waals surface area contributed by atoms with Gasteiger partial charge in [0.05, 0.1) is 31.4 Å². The molecule has 0 aliphatic carbocycles. The lowest BCUT2D eigenvalue weighted by molar-refractivity contribution is -0.384. The fraction of sp³-hybridized carbons (Fsp3) is 0.316. The summed E-state index contributed by atoms with van der Waals surface area (Å²) in [5.41, 5.74) is 2.01. The Morgan fingerprint density at radius 3 is 2.59 bits per heavy atom. The smallest absolute Gasteiger partial charge is 0.271 e. The molecule has 0 heterocycles. The van der Waals surface area contributed by atoms with Crippen LogP contribution in [0.2, 0.25) is 0 Å².